The van der Waals surface area contributed by atoms with Crippen molar-refractivity contribution in [1.29, 1.82) is 0 Å². The molecule has 0 unspecified atom stereocenters. The van der Waals surface area contributed by atoms with E-state index in [4.69, 9.17) is 4.74 Å². The maximum absolute atomic E-state index is 12.1. The van der Waals surface area contributed by atoms with Crippen LogP contribution in [-0.4, -0.2) is 10.5 Å². The van der Waals surface area contributed by atoms with Gasteiger partial charge < -0.3 is 9.30 Å². The van der Waals surface area contributed by atoms with E-state index in [1.54, 1.807) is 24.3 Å². The Morgan fingerprint density at radius 2 is 1.73 bits per heavy atom. The lowest BCUT2D eigenvalue weighted by Gasteiger charge is -2.05. The van der Waals surface area contributed by atoms with Gasteiger partial charge in [0.05, 0.1) is 0 Å². The predicted octanol–water partition coefficient (Wildman–Crippen LogP) is 3.62. The highest BCUT2D eigenvalue weighted by atomic mass is 32.1. The number of hydrogen-bond donors (Lipinski definition) is 0. The van der Waals surface area contributed by atoms with Crippen molar-refractivity contribution in [3.05, 3.63) is 76.5 Å². The Hall–Kier alpha value is -2.66. The van der Waals surface area contributed by atoms with Gasteiger partial charge in [0.1, 0.15) is 11.5 Å². The van der Waals surface area contributed by atoms with Crippen LogP contribution in [0.3, 0.4) is 0 Å². The first-order valence-electron chi connectivity index (χ1n) is 6.74. The number of aryl methyl sites for hydroxylation is 1. The fourth-order valence-corrected chi connectivity index (χ4v) is 2.60. The van der Waals surface area contributed by atoms with Crippen LogP contribution < -0.4 is 9.54 Å². The Labute approximate surface area is 132 Å². The summed E-state index contributed by atoms with van der Waals surface area (Å²) in [4.78, 5) is 16.9. The molecular weight excluding hydrogens is 296 g/mol. The van der Waals surface area contributed by atoms with Crippen molar-refractivity contribution in [2.75, 3.05) is 0 Å². The lowest BCUT2D eigenvalue weighted by atomic mass is 10.2. The van der Waals surface area contributed by atoms with Crippen molar-refractivity contribution in [2.24, 2.45) is 12.0 Å². The minimum atomic E-state index is -0.260. The summed E-state index contributed by atoms with van der Waals surface area (Å²) in [6.07, 6.45) is 1.87. The Kier molecular flexibility index (Phi) is 4.16. The summed E-state index contributed by atoms with van der Waals surface area (Å²) in [5.41, 5.74) is 0.536. The van der Waals surface area contributed by atoms with Crippen molar-refractivity contribution in [2.45, 2.75) is 0 Å². The van der Waals surface area contributed by atoms with Crippen LogP contribution in [0.4, 0.5) is 0 Å². The predicted molar refractivity (Wildman–Crippen MR) is 86.1 cm³/mol. The number of carbonyl (C=O) groups excluding carboxylic acids is 1. The van der Waals surface area contributed by atoms with Crippen LogP contribution >= 0.6 is 11.3 Å². The van der Waals surface area contributed by atoms with Crippen molar-refractivity contribution in [3.8, 4) is 11.5 Å². The molecule has 0 N–H and O–H groups in total. The lowest BCUT2D eigenvalue weighted by molar-refractivity contribution is 0.0998. The molecule has 1 amide bonds. The smallest absolute Gasteiger partial charge is 0.279 e. The Morgan fingerprint density at radius 3 is 2.36 bits per heavy atom. The third-order valence-electron chi connectivity index (χ3n) is 3.04. The van der Waals surface area contributed by atoms with Crippen LogP contribution in [0.5, 0.6) is 11.5 Å². The van der Waals surface area contributed by atoms with Crippen LogP contribution in [0.2, 0.25) is 0 Å². The number of nitrogens with zero attached hydrogens (tertiary/aromatic N) is 2. The third-order valence-corrected chi connectivity index (χ3v) is 3.88. The van der Waals surface area contributed by atoms with Gasteiger partial charge in [-0.15, -0.1) is 11.3 Å². The summed E-state index contributed by atoms with van der Waals surface area (Å²) in [6.45, 7) is 0. The second-order valence-electron chi connectivity index (χ2n) is 4.65. The molecule has 5 heteroatoms. The number of carbonyl (C=O) groups is 1. The van der Waals surface area contributed by atoms with Gasteiger partial charge in [-0.05, 0) is 36.4 Å². The molecule has 0 saturated heterocycles. The second kappa shape index (κ2) is 6.41. The minimum Gasteiger partial charge on any atom is -0.457 e. The van der Waals surface area contributed by atoms with E-state index in [2.05, 4.69) is 4.99 Å². The molecule has 0 bridgehead atoms. The first kappa shape index (κ1) is 14.3. The minimum absolute atomic E-state index is 0.260. The maximum atomic E-state index is 12.1. The zero-order valence-corrected chi connectivity index (χ0v) is 12.8. The SMILES string of the molecule is Cn1ccsc1=NC(=O)c1ccc(Oc2ccccc2)cc1. The van der Waals surface area contributed by atoms with Gasteiger partial charge >= 0.3 is 0 Å². The van der Waals surface area contributed by atoms with Crippen LogP contribution in [-0.2, 0) is 7.05 Å². The van der Waals surface area contributed by atoms with E-state index < -0.39 is 0 Å². The normalized spacial score (nSPS) is 11.4. The molecule has 0 aliphatic heterocycles. The van der Waals surface area contributed by atoms with Gasteiger partial charge in [0.2, 0.25) is 0 Å². The van der Waals surface area contributed by atoms with Crippen LogP contribution in [0.15, 0.2) is 71.2 Å². The molecule has 0 aliphatic rings. The highest BCUT2D eigenvalue weighted by molar-refractivity contribution is 7.07. The van der Waals surface area contributed by atoms with Gasteiger partial charge in [0, 0.05) is 24.2 Å². The number of aromatic nitrogens is 1. The summed E-state index contributed by atoms with van der Waals surface area (Å²) in [5, 5.41) is 1.89. The Bertz CT molecular complexity index is 833. The number of thiazole rings is 1. The summed E-state index contributed by atoms with van der Waals surface area (Å²) in [6, 6.07) is 16.5. The van der Waals surface area contributed by atoms with Crippen molar-refractivity contribution < 1.29 is 9.53 Å². The fraction of sp³-hybridized carbons (Fsp3) is 0.0588. The maximum Gasteiger partial charge on any atom is 0.279 e. The molecule has 1 aromatic heterocycles. The molecular formula is C17H14N2O2S. The number of hydrogen-bond acceptors (Lipinski definition) is 3. The average Bonchev–Trinajstić information content (AvgIpc) is 2.94. The summed E-state index contributed by atoms with van der Waals surface area (Å²) in [5.74, 6) is 1.19. The Balaban J connectivity index is 1.77. The fourth-order valence-electron chi connectivity index (χ4n) is 1.88. The number of ether oxygens (including phenoxy) is 1. The number of benzene rings is 2. The van der Waals surface area contributed by atoms with E-state index in [1.165, 1.54) is 11.3 Å². The van der Waals surface area contributed by atoms with Crippen LogP contribution in [0.25, 0.3) is 0 Å². The quantitative estimate of drug-likeness (QED) is 0.741. The van der Waals surface area contributed by atoms with Crippen molar-refractivity contribution in [1.82, 2.24) is 4.57 Å². The molecule has 0 atom stereocenters. The van der Waals surface area contributed by atoms with Crippen LogP contribution in [0, 0.1) is 0 Å². The first-order chi connectivity index (χ1) is 10.7. The van der Waals surface area contributed by atoms with Gasteiger partial charge in [0.25, 0.3) is 5.91 Å². The molecule has 0 aliphatic carbocycles. The van der Waals surface area contributed by atoms with Crippen molar-refractivity contribution in [3.63, 3.8) is 0 Å². The Morgan fingerprint density at radius 1 is 1.05 bits per heavy atom. The molecule has 0 saturated carbocycles. The highest BCUT2D eigenvalue weighted by Crippen LogP contribution is 2.21. The molecule has 4 nitrogen and oxygen atoms in total. The molecule has 3 rings (SSSR count). The standard InChI is InChI=1S/C17H14N2O2S/c1-19-11-12-22-17(19)18-16(20)13-7-9-15(10-8-13)21-14-5-3-2-4-6-14/h2-12H,1H3. The molecule has 2 aromatic carbocycles. The topological polar surface area (TPSA) is 43.6 Å². The van der Waals surface area contributed by atoms with Gasteiger partial charge in [-0.3, -0.25) is 4.79 Å². The number of para-hydroxylation sites is 1. The van der Waals surface area contributed by atoms with E-state index >= 15 is 0 Å². The number of amides is 1. The molecule has 0 fully saturated rings. The largest absolute Gasteiger partial charge is 0.457 e. The van der Waals surface area contributed by atoms with E-state index in [0.717, 1.165) is 5.75 Å². The molecule has 22 heavy (non-hydrogen) atoms. The highest BCUT2D eigenvalue weighted by Gasteiger charge is 2.05. The molecule has 3 aromatic rings. The van der Waals surface area contributed by atoms with Crippen molar-refractivity contribution >= 4 is 17.2 Å². The summed E-state index contributed by atoms with van der Waals surface area (Å²) >= 11 is 1.43. The summed E-state index contributed by atoms with van der Waals surface area (Å²) < 4.78 is 7.51. The van der Waals surface area contributed by atoms with Gasteiger partial charge in [-0.1, -0.05) is 18.2 Å². The first-order valence-corrected chi connectivity index (χ1v) is 7.62. The zero-order chi connectivity index (χ0) is 15.4. The van der Waals surface area contributed by atoms with E-state index in [-0.39, 0.29) is 5.91 Å². The third kappa shape index (κ3) is 3.32. The molecule has 110 valence electrons. The van der Waals surface area contributed by atoms with E-state index in [1.807, 2.05) is 53.5 Å². The molecule has 0 radical (unpaired) electrons. The zero-order valence-electron chi connectivity index (χ0n) is 12.0. The monoisotopic (exact) mass is 310 g/mol. The van der Waals surface area contributed by atoms with Crippen LogP contribution in [0.1, 0.15) is 10.4 Å². The number of rotatable bonds is 3. The average molecular weight is 310 g/mol. The second-order valence-corrected chi connectivity index (χ2v) is 5.53. The lowest BCUT2D eigenvalue weighted by Crippen LogP contribution is -2.12. The van der Waals surface area contributed by atoms with Gasteiger partial charge in [0.15, 0.2) is 4.80 Å². The van der Waals surface area contributed by atoms with E-state index in [9.17, 15) is 4.79 Å². The van der Waals surface area contributed by atoms with Gasteiger partial charge in [-0.2, -0.15) is 4.99 Å². The molecule has 0 spiro atoms. The summed E-state index contributed by atoms with van der Waals surface area (Å²) in [7, 11) is 1.86. The molecule has 1 heterocycles. The van der Waals surface area contributed by atoms with Gasteiger partial charge in [-0.25, -0.2) is 0 Å². The van der Waals surface area contributed by atoms with E-state index in [0.29, 0.717) is 16.1 Å².